The Hall–Kier alpha value is -1.18. The third-order valence-electron chi connectivity index (χ3n) is 1.72. The van der Waals surface area contributed by atoms with Crippen molar-refractivity contribution < 1.29 is 0 Å². The summed E-state index contributed by atoms with van der Waals surface area (Å²) in [6.07, 6.45) is 5.39. The molecule has 1 rings (SSSR count). The third-order valence-corrected chi connectivity index (χ3v) is 1.72. The molecule has 0 aliphatic carbocycles. The van der Waals surface area contributed by atoms with Crippen LogP contribution in [0.15, 0.2) is 12.4 Å². The summed E-state index contributed by atoms with van der Waals surface area (Å²) in [6, 6.07) is 0. The maximum absolute atomic E-state index is 5.24. The molecule has 0 radical (unpaired) electrons. The monoisotopic (exact) mass is 256 g/mol. The molecule has 1 heterocycles. The van der Waals surface area contributed by atoms with Crippen LogP contribution in [0.2, 0.25) is 0 Å². The van der Waals surface area contributed by atoms with Crippen LogP contribution < -0.4 is 5.73 Å². The average Bonchev–Trinajstić information content (AvgIpc) is 2.80. The molecule has 0 spiro atoms. The minimum Gasteiger partial charge on any atom is -0.405 e. The second kappa shape index (κ2) is 24.9. The molecule has 18 heavy (non-hydrogen) atoms. The lowest BCUT2D eigenvalue weighted by Crippen LogP contribution is -1.78. The highest BCUT2D eigenvalue weighted by molar-refractivity contribution is 5.53. The summed E-state index contributed by atoms with van der Waals surface area (Å²) in [5.41, 5.74) is 8.88. The fourth-order valence-corrected chi connectivity index (χ4v) is 0.896. The van der Waals surface area contributed by atoms with Crippen molar-refractivity contribution in [2.75, 3.05) is 0 Å². The molecule has 0 saturated heterocycles. The van der Waals surface area contributed by atoms with Crippen LogP contribution in [0.25, 0.3) is 6.08 Å². The van der Waals surface area contributed by atoms with Gasteiger partial charge >= 0.3 is 0 Å². The molecule has 1 aromatic heterocycles. The SMILES string of the molecule is CC.CC.CC.CC.Cc1[nH]cc(/C=C\N)c1C. The van der Waals surface area contributed by atoms with Crippen molar-refractivity contribution in [3.8, 4) is 0 Å². The van der Waals surface area contributed by atoms with Crippen LogP contribution >= 0.6 is 0 Å². The summed E-state index contributed by atoms with van der Waals surface area (Å²) in [5, 5.41) is 0. The zero-order valence-electron chi connectivity index (χ0n) is 14.3. The number of aromatic amines is 1. The Balaban J connectivity index is -0.000000105. The third kappa shape index (κ3) is 12.9. The van der Waals surface area contributed by atoms with Crippen LogP contribution in [0.1, 0.15) is 72.2 Å². The number of aryl methyl sites for hydroxylation is 1. The van der Waals surface area contributed by atoms with E-state index in [-0.39, 0.29) is 0 Å². The van der Waals surface area contributed by atoms with E-state index in [1.54, 1.807) is 6.20 Å². The second-order valence-corrected chi connectivity index (χ2v) is 2.35. The molecule has 0 atom stereocenters. The van der Waals surface area contributed by atoms with Crippen LogP contribution in [0.3, 0.4) is 0 Å². The van der Waals surface area contributed by atoms with E-state index in [9.17, 15) is 0 Å². The van der Waals surface area contributed by atoms with E-state index in [1.807, 2.05) is 74.6 Å². The van der Waals surface area contributed by atoms with Crippen molar-refractivity contribution in [1.82, 2.24) is 4.98 Å². The van der Waals surface area contributed by atoms with Crippen LogP contribution in [0.5, 0.6) is 0 Å². The topological polar surface area (TPSA) is 41.8 Å². The fourth-order valence-electron chi connectivity index (χ4n) is 0.896. The molecule has 2 heteroatoms. The number of hydrogen-bond donors (Lipinski definition) is 2. The Bertz CT molecular complexity index is 248. The van der Waals surface area contributed by atoms with Gasteiger partial charge in [0.2, 0.25) is 0 Å². The lowest BCUT2D eigenvalue weighted by molar-refractivity contribution is 1.23. The fraction of sp³-hybridized carbons (Fsp3) is 0.625. The molecule has 0 fully saturated rings. The maximum Gasteiger partial charge on any atom is 0.0151 e. The van der Waals surface area contributed by atoms with Gasteiger partial charge in [-0.25, -0.2) is 0 Å². The lowest BCUT2D eigenvalue weighted by atomic mass is 10.2. The summed E-state index contributed by atoms with van der Waals surface area (Å²) in [5.74, 6) is 0. The standard InChI is InChI=1S/C8H12N2.4C2H6/c1-6-7(2)10-5-8(6)3-4-9;4*1-2/h3-5,10H,9H2,1-2H3;4*1-2H3/b4-3-;;;;. The van der Waals surface area contributed by atoms with Gasteiger partial charge in [0.1, 0.15) is 0 Å². The van der Waals surface area contributed by atoms with Gasteiger partial charge in [-0.1, -0.05) is 55.4 Å². The summed E-state index contributed by atoms with van der Waals surface area (Å²) in [6.45, 7) is 20.1. The zero-order chi connectivity index (χ0) is 15.6. The molecule has 0 bridgehead atoms. The minimum absolute atomic E-state index is 1.17. The Kier molecular flexibility index (Phi) is 35.4. The highest BCUT2D eigenvalue weighted by Crippen LogP contribution is 2.12. The van der Waals surface area contributed by atoms with E-state index >= 15 is 0 Å². The average molecular weight is 256 g/mol. The predicted octanol–water partition coefficient (Wildman–Crippen LogP) is 5.67. The van der Waals surface area contributed by atoms with Crippen molar-refractivity contribution in [3.63, 3.8) is 0 Å². The quantitative estimate of drug-likeness (QED) is 0.668. The van der Waals surface area contributed by atoms with Gasteiger partial charge in [-0.15, -0.1) is 0 Å². The molecule has 1 aromatic rings. The predicted molar refractivity (Wildman–Crippen MR) is 88.9 cm³/mol. The normalized spacial score (nSPS) is 7.44. The van der Waals surface area contributed by atoms with Gasteiger partial charge in [-0.2, -0.15) is 0 Å². The van der Waals surface area contributed by atoms with Crippen molar-refractivity contribution in [1.29, 1.82) is 0 Å². The first-order valence-corrected chi connectivity index (χ1v) is 7.28. The van der Waals surface area contributed by atoms with Crippen molar-refractivity contribution >= 4 is 6.08 Å². The van der Waals surface area contributed by atoms with E-state index in [4.69, 9.17) is 5.73 Å². The molecule has 0 unspecified atom stereocenters. The van der Waals surface area contributed by atoms with Crippen LogP contribution in [0.4, 0.5) is 0 Å². The maximum atomic E-state index is 5.24. The molecule has 2 nitrogen and oxygen atoms in total. The van der Waals surface area contributed by atoms with Crippen LogP contribution in [0, 0.1) is 13.8 Å². The lowest BCUT2D eigenvalue weighted by Gasteiger charge is -1.89. The van der Waals surface area contributed by atoms with Gasteiger partial charge in [-0.05, 0) is 37.3 Å². The molecule has 110 valence electrons. The highest BCUT2D eigenvalue weighted by Gasteiger charge is 1.97. The Labute approximate surface area is 116 Å². The van der Waals surface area contributed by atoms with Gasteiger partial charge in [0.05, 0.1) is 0 Å². The van der Waals surface area contributed by atoms with Gasteiger partial charge in [0, 0.05) is 11.9 Å². The smallest absolute Gasteiger partial charge is 0.0151 e. The van der Waals surface area contributed by atoms with Crippen molar-refractivity contribution in [2.24, 2.45) is 5.73 Å². The molecule has 0 aliphatic heterocycles. The van der Waals surface area contributed by atoms with Gasteiger partial charge in [0.15, 0.2) is 0 Å². The molecule has 0 aromatic carbocycles. The first-order chi connectivity index (χ1) is 8.75. The number of aromatic nitrogens is 1. The highest BCUT2D eigenvalue weighted by atomic mass is 14.7. The number of hydrogen-bond acceptors (Lipinski definition) is 1. The molecule has 3 N–H and O–H groups in total. The number of nitrogens with one attached hydrogen (secondary N) is 1. The summed E-state index contributed by atoms with van der Waals surface area (Å²) >= 11 is 0. The largest absolute Gasteiger partial charge is 0.405 e. The van der Waals surface area contributed by atoms with Crippen molar-refractivity contribution in [3.05, 3.63) is 29.2 Å². The van der Waals surface area contributed by atoms with Crippen molar-refractivity contribution in [2.45, 2.75) is 69.2 Å². The Morgan fingerprint density at radius 3 is 1.50 bits per heavy atom. The molecule has 0 saturated carbocycles. The molecule has 0 aliphatic rings. The van der Waals surface area contributed by atoms with E-state index < -0.39 is 0 Å². The molecule has 0 amide bonds. The Morgan fingerprint density at radius 1 is 0.889 bits per heavy atom. The van der Waals surface area contributed by atoms with Crippen LogP contribution in [-0.4, -0.2) is 4.98 Å². The Morgan fingerprint density at radius 2 is 1.28 bits per heavy atom. The summed E-state index contributed by atoms with van der Waals surface area (Å²) in [4.78, 5) is 3.11. The minimum atomic E-state index is 1.17. The zero-order valence-corrected chi connectivity index (χ0v) is 14.3. The summed E-state index contributed by atoms with van der Waals surface area (Å²) < 4.78 is 0. The van der Waals surface area contributed by atoms with Gasteiger partial charge in [-0.3, -0.25) is 0 Å². The van der Waals surface area contributed by atoms with E-state index in [1.165, 1.54) is 16.8 Å². The summed E-state index contributed by atoms with van der Waals surface area (Å²) in [7, 11) is 0. The second-order valence-electron chi connectivity index (χ2n) is 2.35. The van der Waals surface area contributed by atoms with Gasteiger partial charge < -0.3 is 10.7 Å². The van der Waals surface area contributed by atoms with E-state index in [0.29, 0.717) is 0 Å². The molecular formula is C16H36N2. The van der Waals surface area contributed by atoms with E-state index in [2.05, 4.69) is 11.9 Å². The number of nitrogens with two attached hydrogens (primary N) is 1. The first-order valence-electron chi connectivity index (χ1n) is 7.28. The number of H-pyrrole nitrogens is 1. The van der Waals surface area contributed by atoms with Crippen LogP contribution in [-0.2, 0) is 0 Å². The molecular weight excluding hydrogens is 220 g/mol. The van der Waals surface area contributed by atoms with Gasteiger partial charge in [0.25, 0.3) is 0 Å². The first kappa shape index (κ1) is 25.6. The van der Waals surface area contributed by atoms with E-state index in [0.717, 1.165) is 0 Å². The number of rotatable bonds is 1.